The second-order valence-corrected chi connectivity index (χ2v) is 5.12. The van der Waals surface area contributed by atoms with Crippen LogP contribution >= 0.6 is 0 Å². The van der Waals surface area contributed by atoms with E-state index in [2.05, 4.69) is 29.0 Å². The molecular weight excluding hydrogens is 214 g/mol. The molecule has 2 aliphatic rings. The molecule has 17 heavy (non-hydrogen) atoms. The third-order valence-corrected chi connectivity index (χ3v) is 4.21. The Bertz CT molecular complexity index is 265. The summed E-state index contributed by atoms with van der Waals surface area (Å²) in [6.45, 7) is 10.4. The molecule has 0 aromatic carbocycles. The van der Waals surface area contributed by atoms with E-state index in [0.29, 0.717) is 11.9 Å². The molecule has 1 N–H and O–H groups in total. The fraction of sp³-hybridized carbons (Fsp3) is 0.923. The monoisotopic (exact) mass is 239 g/mol. The van der Waals surface area contributed by atoms with Gasteiger partial charge in [-0.25, -0.2) is 0 Å². The van der Waals surface area contributed by atoms with Crippen molar-refractivity contribution < 1.29 is 4.79 Å². The first-order valence-electron chi connectivity index (χ1n) is 7.00. The lowest BCUT2D eigenvalue weighted by Crippen LogP contribution is -2.41. The van der Waals surface area contributed by atoms with Crippen LogP contribution in [0.5, 0.6) is 0 Å². The first-order valence-corrected chi connectivity index (χ1v) is 7.00. The maximum Gasteiger partial charge on any atom is 0.227 e. The molecule has 0 saturated carbocycles. The van der Waals surface area contributed by atoms with Crippen molar-refractivity contribution in [3.8, 4) is 0 Å². The smallest absolute Gasteiger partial charge is 0.227 e. The van der Waals surface area contributed by atoms with Crippen LogP contribution in [-0.4, -0.2) is 61.0 Å². The number of hydrogen-bond donors (Lipinski definition) is 1. The van der Waals surface area contributed by atoms with Crippen molar-refractivity contribution in [3.05, 3.63) is 0 Å². The summed E-state index contributed by atoms with van der Waals surface area (Å²) in [6.07, 6.45) is 2.23. The van der Waals surface area contributed by atoms with Crippen LogP contribution in [0.25, 0.3) is 0 Å². The summed E-state index contributed by atoms with van der Waals surface area (Å²) in [7, 11) is 0. The average molecular weight is 239 g/mol. The second-order valence-electron chi connectivity index (χ2n) is 5.12. The average Bonchev–Trinajstić information content (AvgIpc) is 2.68. The molecule has 0 radical (unpaired) electrons. The molecule has 2 fully saturated rings. The topological polar surface area (TPSA) is 35.6 Å². The molecule has 2 atom stereocenters. The van der Waals surface area contributed by atoms with Crippen LogP contribution in [0.4, 0.5) is 0 Å². The van der Waals surface area contributed by atoms with Crippen LogP contribution in [0, 0.1) is 5.92 Å². The molecule has 0 aliphatic carbocycles. The largest absolute Gasteiger partial charge is 0.340 e. The number of nitrogens with zero attached hydrogens (tertiary/aromatic N) is 2. The van der Waals surface area contributed by atoms with Gasteiger partial charge in [0.05, 0.1) is 5.92 Å². The maximum absolute atomic E-state index is 12.2. The third-order valence-electron chi connectivity index (χ3n) is 4.21. The number of carbonyl (C=O) groups is 1. The van der Waals surface area contributed by atoms with Crippen molar-refractivity contribution in [2.24, 2.45) is 5.92 Å². The first kappa shape index (κ1) is 12.8. The van der Waals surface area contributed by atoms with Crippen molar-refractivity contribution >= 4 is 5.91 Å². The van der Waals surface area contributed by atoms with Gasteiger partial charge in [-0.2, -0.15) is 0 Å². The van der Waals surface area contributed by atoms with Crippen LogP contribution < -0.4 is 5.32 Å². The van der Waals surface area contributed by atoms with Gasteiger partial charge in [-0.3, -0.25) is 4.79 Å². The molecule has 4 nitrogen and oxygen atoms in total. The zero-order chi connectivity index (χ0) is 12.3. The SMILES string of the molecule is CCN(CC)CCN1CC2NCCCC2C1=O. The summed E-state index contributed by atoms with van der Waals surface area (Å²) in [6, 6.07) is 0.424. The van der Waals surface area contributed by atoms with Crippen molar-refractivity contribution in [3.63, 3.8) is 0 Å². The molecule has 4 heteroatoms. The lowest BCUT2D eigenvalue weighted by Gasteiger charge is -2.23. The van der Waals surface area contributed by atoms with Crippen LogP contribution in [0.2, 0.25) is 0 Å². The summed E-state index contributed by atoms with van der Waals surface area (Å²) in [4.78, 5) is 16.6. The number of nitrogens with one attached hydrogen (secondary N) is 1. The van der Waals surface area contributed by atoms with Gasteiger partial charge in [0.15, 0.2) is 0 Å². The zero-order valence-electron chi connectivity index (χ0n) is 11.1. The van der Waals surface area contributed by atoms with E-state index in [1.165, 1.54) is 0 Å². The van der Waals surface area contributed by atoms with Crippen molar-refractivity contribution in [1.29, 1.82) is 0 Å². The minimum absolute atomic E-state index is 0.264. The molecule has 2 heterocycles. The molecule has 1 amide bonds. The Labute approximate surface area is 104 Å². The van der Waals surface area contributed by atoms with Gasteiger partial charge in [0, 0.05) is 25.7 Å². The molecule has 2 rings (SSSR count). The summed E-state index contributed by atoms with van der Waals surface area (Å²) in [5.74, 6) is 0.648. The normalized spacial score (nSPS) is 28.9. The number of carbonyl (C=O) groups excluding carboxylic acids is 1. The molecule has 0 spiro atoms. The van der Waals surface area contributed by atoms with E-state index >= 15 is 0 Å². The number of amides is 1. The Balaban J connectivity index is 1.84. The molecule has 0 aromatic rings. The standard InChI is InChI=1S/C13H25N3O/c1-3-15(4-2)8-9-16-10-12-11(13(16)17)6-5-7-14-12/h11-12,14H,3-10H2,1-2H3. The Kier molecular flexibility index (Phi) is 4.40. The van der Waals surface area contributed by atoms with E-state index in [1.807, 2.05) is 0 Å². The number of rotatable bonds is 5. The van der Waals surface area contributed by atoms with Gasteiger partial charge in [-0.15, -0.1) is 0 Å². The molecular formula is C13H25N3O. The minimum Gasteiger partial charge on any atom is -0.340 e. The predicted molar refractivity (Wildman–Crippen MR) is 68.9 cm³/mol. The molecule has 98 valence electrons. The predicted octanol–water partition coefficient (Wildman–Crippen LogP) is 0.539. The zero-order valence-corrected chi connectivity index (χ0v) is 11.1. The summed E-state index contributed by atoms with van der Waals surface area (Å²) in [5.41, 5.74) is 0. The summed E-state index contributed by atoms with van der Waals surface area (Å²) >= 11 is 0. The van der Waals surface area contributed by atoms with Gasteiger partial charge in [-0.05, 0) is 32.5 Å². The molecule has 2 aliphatic heterocycles. The highest BCUT2D eigenvalue weighted by Crippen LogP contribution is 2.25. The Hall–Kier alpha value is -0.610. The summed E-state index contributed by atoms with van der Waals surface area (Å²) < 4.78 is 0. The van der Waals surface area contributed by atoms with E-state index in [0.717, 1.165) is 52.1 Å². The fourth-order valence-corrected chi connectivity index (χ4v) is 3.01. The van der Waals surface area contributed by atoms with Crippen molar-refractivity contribution in [2.45, 2.75) is 32.7 Å². The number of hydrogen-bond acceptors (Lipinski definition) is 3. The van der Waals surface area contributed by atoms with Gasteiger partial charge in [-0.1, -0.05) is 13.8 Å². The lowest BCUT2D eigenvalue weighted by atomic mass is 9.94. The lowest BCUT2D eigenvalue weighted by molar-refractivity contribution is -0.131. The minimum atomic E-state index is 0.264. The first-order chi connectivity index (χ1) is 8.26. The van der Waals surface area contributed by atoms with E-state index in [4.69, 9.17) is 0 Å². The maximum atomic E-state index is 12.2. The quantitative estimate of drug-likeness (QED) is 0.760. The Morgan fingerprint density at radius 1 is 1.41 bits per heavy atom. The molecule has 0 bridgehead atoms. The van der Waals surface area contributed by atoms with Gasteiger partial charge in [0.1, 0.15) is 0 Å². The second kappa shape index (κ2) is 5.83. The van der Waals surface area contributed by atoms with Crippen molar-refractivity contribution in [1.82, 2.24) is 15.1 Å². The van der Waals surface area contributed by atoms with E-state index in [9.17, 15) is 4.79 Å². The van der Waals surface area contributed by atoms with Crippen LogP contribution in [0.15, 0.2) is 0 Å². The van der Waals surface area contributed by atoms with Crippen LogP contribution in [0.3, 0.4) is 0 Å². The van der Waals surface area contributed by atoms with Crippen molar-refractivity contribution in [2.75, 3.05) is 39.3 Å². The Morgan fingerprint density at radius 3 is 2.82 bits per heavy atom. The third kappa shape index (κ3) is 2.80. The molecule has 2 unspecified atom stereocenters. The van der Waals surface area contributed by atoms with E-state index in [1.54, 1.807) is 0 Å². The highest BCUT2D eigenvalue weighted by molar-refractivity contribution is 5.82. The number of likely N-dealkylation sites (N-methyl/N-ethyl adjacent to an activating group) is 1. The Morgan fingerprint density at radius 2 is 2.18 bits per heavy atom. The van der Waals surface area contributed by atoms with E-state index < -0.39 is 0 Å². The van der Waals surface area contributed by atoms with Gasteiger partial charge in [0.25, 0.3) is 0 Å². The number of fused-ring (bicyclic) bond motifs is 1. The van der Waals surface area contributed by atoms with Crippen LogP contribution in [-0.2, 0) is 4.79 Å². The van der Waals surface area contributed by atoms with Gasteiger partial charge < -0.3 is 15.1 Å². The number of likely N-dealkylation sites (tertiary alicyclic amines) is 1. The molecule has 0 aromatic heterocycles. The highest BCUT2D eigenvalue weighted by Gasteiger charge is 2.40. The number of piperidine rings is 1. The highest BCUT2D eigenvalue weighted by atomic mass is 16.2. The van der Waals surface area contributed by atoms with Gasteiger partial charge in [0.2, 0.25) is 5.91 Å². The van der Waals surface area contributed by atoms with E-state index in [-0.39, 0.29) is 5.92 Å². The van der Waals surface area contributed by atoms with Crippen LogP contribution in [0.1, 0.15) is 26.7 Å². The summed E-state index contributed by atoms with van der Waals surface area (Å²) in [5, 5.41) is 3.48. The fourth-order valence-electron chi connectivity index (χ4n) is 3.01. The van der Waals surface area contributed by atoms with Gasteiger partial charge >= 0.3 is 0 Å². The molecule has 2 saturated heterocycles.